The highest BCUT2D eigenvalue weighted by atomic mass is 35.5. The topological polar surface area (TPSA) is 83.0 Å². The van der Waals surface area contributed by atoms with E-state index in [1.165, 1.54) is 34.2 Å². The molecule has 15 heteroatoms. The molecule has 6 aromatic rings. The maximum atomic E-state index is 6.10. The van der Waals surface area contributed by atoms with Gasteiger partial charge in [-0.15, -0.1) is 0 Å². The summed E-state index contributed by atoms with van der Waals surface area (Å²) >= 11 is 21.1. The number of methoxy groups -OCH3 is 2. The minimum Gasteiger partial charge on any atom is -0.497 e. The van der Waals surface area contributed by atoms with Gasteiger partial charge in [-0.25, -0.2) is 0 Å². The quantitative estimate of drug-likeness (QED) is 0.112. The number of rotatable bonds is 13. The van der Waals surface area contributed by atoms with Crippen LogP contribution in [0.2, 0.25) is 15.1 Å². The maximum Gasteiger partial charge on any atom is 0.205 e. The van der Waals surface area contributed by atoms with Gasteiger partial charge < -0.3 is 19.3 Å². The van der Waals surface area contributed by atoms with Gasteiger partial charge in [-0.05, 0) is 104 Å². The van der Waals surface area contributed by atoms with Crippen molar-refractivity contribution >= 4 is 68.1 Å². The number of halogens is 3. The van der Waals surface area contributed by atoms with Gasteiger partial charge >= 0.3 is 0 Å². The van der Waals surface area contributed by atoms with E-state index in [2.05, 4.69) is 58.7 Å². The first-order valence-electron chi connectivity index (χ1n) is 19.4. The van der Waals surface area contributed by atoms with Crippen LogP contribution in [0.5, 0.6) is 11.5 Å². The highest BCUT2D eigenvalue weighted by Crippen LogP contribution is 2.30. The fraction of sp³-hybridized carbons (Fsp3) is 0.349. The summed E-state index contributed by atoms with van der Waals surface area (Å²) in [7, 11) is 3.42. The van der Waals surface area contributed by atoms with Crippen molar-refractivity contribution in [1.29, 1.82) is 0 Å². The van der Waals surface area contributed by atoms with E-state index in [0.29, 0.717) is 15.9 Å². The van der Waals surface area contributed by atoms with E-state index in [-0.39, 0.29) is 0 Å². The monoisotopic (exact) mass is 876 g/mol. The van der Waals surface area contributed by atoms with Crippen molar-refractivity contribution in [2.24, 2.45) is 0 Å². The second-order valence-corrected chi connectivity index (χ2v) is 17.0. The molecule has 4 heterocycles. The standard InChI is InChI=1S/C22H25ClN4OS.C21H22Cl2N4OS/c1-28-20-6-2-4-17(16-20)5-3-11-26-12-14-27(15-13-26)22-24-21(25-29-22)18-7-9-19(23)10-8-18;1-28-19-4-2-3-15(11-19)5-6-26-7-9-27(10-8-26)21-24-20(25-29-21)16-12-17(22)14-18(23)13-16/h2,4,6-10,16H,3,5,11-15H2,1H3;2-4,11-14H,5-10H2,1H3. The van der Waals surface area contributed by atoms with E-state index < -0.39 is 0 Å². The molecule has 0 atom stereocenters. The number of hydrogen-bond acceptors (Lipinski definition) is 12. The maximum absolute atomic E-state index is 6.10. The van der Waals surface area contributed by atoms with Gasteiger partial charge in [0, 0.05) is 108 Å². The van der Waals surface area contributed by atoms with Gasteiger partial charge in [0.15, 0.2) is 11.6 Å². The number of hydrogen-bond donors (Lipinski definition) is 0. The van der Waals surface area contributed by atoms with Crippen LogP contribution >= 0.6 is 57.9 Å². The molecule has 10 nitrogen and oxygen atoms in total. The third-order valence-electron chi connectivity index (χ3n) is 10.3. The zero-order valence-corrected chi connectivity index (χ0v) is 36.6. The molecular formula is C43H47Cl3N8O2S2. The van der Waals surface area contributed by atoms with Gasteiger partial charge in [-0.3, -0.25) is 9.80 Å². The number of aromatic nitrogens is 4. The summed E-state index contributed by atoms with van der Waals surface area (Å²) in [5.41, 5.74) is 4.50. The summed E-state index contributed by atoms with van der Waals surface area (Å²) in [5.74, 6) is 3.31. The van der Waals surface area contributed by atoms with Crippen molar-refractivity contribution in [2.75, 3.05) is 89.5 Å². The normalized spacial score (nSPS) is 14.9. The van der Waals surface area contributed by atoms with Gasteiger partial charge in [0.25, 0.3) is 0 Å². The van der Waals surface area contributed by atoms with Crippen molar-refractivity contribution < 1.29 is 9.47 Å². The summed E-state index contributed by atoms with van der Waals surface area (Å²) in [4.78, 5) is 19.1. The Labute approximate surface area is 364 Å². The largest absolute Gasteiger partial charge is 0.497 e. The van der Waals surface area contributed by atoms with Crippen LogP contribution in [0.15, 0.2) is 91.0 Å². The lowest BCUT2D eigenvalue weighted by molar-refractivity contribution is 0.255. The van der Waals surface area contributed by atoms with Gasteiger partial charge in [0.05, 0.1) is 14.2 Å². The van der Waals surface area contributed by atoms with Crippen LogP contribution in [0.1, 0.15) is 17.5 Å². The van der Waals surface area contributed by atoms with Crippen molar-refractivity contribution in [3.8, 4) is 34.3 Å². The zero-order valence-electron chi connectivity index (χ0n) is 32.7. The molecule has 2 aliphatic rings. The number of piperazine rings is 2. The predicted molar refractivity (Wildman–Crippen MR) is 241 cm³/mol. The molecule has 0 radical (unpaired) electrons. The molecule has 0 amide bonds. The number of anilines is 2. The smallest absolute Gasteiger partial charge is 0.205 e. The van der Waals surface area contributed by atoms with Crippen molar-refractivity contribution in [1.82, 2.24) is 28.5 Å². The average molecular weight is 878 g/mol. The van der Waals surface area contributed by atoms with E-state index >= 15 is 0 Å². The molecule has 2 fully saturated rings. The van der Waals surface area contributed by atoms with Crippen LogP contribution in [0, 0.1) is 0 Å². The summed E-state index contributed by atoms with van der Waals surface area (Å²) in [5, 5.41) is 3.86. The van der Waals surface area contributed by atoms with Crippen molar-refractivity contribution in [2.45, 2.75) is 19.3 Å². The molecule has 0 aliphatic carbocycles. The Morgan fingerprint density at radius 3 is 1.57 bits per heavy atom. The zero-order chi connectivity index (χ0) is 40.3. The molecule has 0 spiro atoms. The molecule has 2 saturated heterocycles. The van der Waals surface area contributed by atoms with Crippen LogP contribution < -0.4 is 19.3 Å². The lowest BCUT2D eigenvalue weighted by atomic mass is 10.1. The molecular weight excluding hydrogens is 831 g/mol. The van der Waals surface area contributed by atoms with Crippen molar-refractivity contribution in [3.05, 3.63) is 117 Å². The minimum absolute atomic E-state index is 0.591. The average Bonchev–Trinajstić information content (AvgIpc) is 3.96. The molecule has 0 bridgehead atoms. The minimum atomic E-state index is 0.591. The fourth-order valence-electron chi connectivity index (χ4n) is 6.98. The van der Waals surface area contributed by atoms with Crippen LogP contribution in [-0.2, 0) is 12.8 Å². The molecule has 8 rings (SSSR count). The van der Waals surface area contributed by atoms with Crippen molar-refractivity contribution in [3.63, 3.8) is 0 Å². The summed E-state index contributed by atoms with van der Waals surface area (Å²) in [6.45, 7) is 10.2. The first-order chi connectivity index (χ1) is 28.3. The molecule has 4 aromatic carbocycles. The summed E-state index contributed by atoms with van der Waals surface area (Å²) < 4.78 is 19.6. The molecule has 58 heavy (non-hydrogen) atoms. The Hall–Kier alpha value is -4.01. The van der Waals surface area contributed by atoms with Gasteiger partial charge in [0.2, 0.25) is 10.3 Å². The van der Waals surface area contributed by atoms with E-state index in [1.54, 1.807) is 20.3 Å². The third kappa shape index (κ3) is 11.8. The first kappa shape index (κ1) is 42.1. The summed E-state index contributed by atoms with van der Waals surface area (Å²) in [6.07, 6.45) is 3.26. The molecule has 2 aliphatic heterocycles. The second-order valence-electron chi connectivity index (χ2n) is 14.2. The first-order valence-corrected chi connectivity index (χ1v) is 22.1. The number of nitrogens with zero attached hydrogens (tertiary/aromatic N) is 8. The molecule has 2 aromatic heterocycles. The number of benzene rings is 4. The third-order valence-corrected chi connectivity index (χ3v) is 12.5. The molecule has 0 saturated carbocycles. The lowest BCUT2D eigenvalue weighted by Crippen LogP contribution is -2.47. The van der Waals surface area contributed by atoms with E-state index in [0.717, 1.165) is 128 Å². The molecule has 0 unspecified atom stereocenters. The number of ether oxygens (including phenoxy) is 2. The van der Waals surface area contributed by atoms with Gasteiger partial charge in [0.1, 0.15) is 11.5 Å². The lowest BCUT2D eigenvalue weighted by Gasteiger charge is -2.34. The second kappa shape index (κ2) is 20.8. The Morgan fingerprint density at radius 1 is 0.534 bits per heavy atom. The highest BCUT2D eigenvalue weighted by Gasteiger charge is 2.22. The Kier molecular flexibility index (Phi) is 15.1. The van der Waals surface area contributed by atoms with Crippen LogP contribution in [0.4, 0.5) is 10.3 Å². The van der Waals surface area contributed by atoms with Crippen LogP contribution in [-0.4, -0.2) is 108 Å². The SMILES string of the molecule is COc1cccc(CCCN2CCN(c3nc(-c4ccc(Cl)cc4)ns3)CC2)c1.COc1cccc(CCN2CCN(c3nc(-c4cc(Cl)cc(Cl)c4)ns3)CC2)c1. The highest BCUT2D eigenvalue weighted by molar-refractivity contribution is 7.10. The fourth-order valence-corrected chi connectivity index (χ4v) is 9.11. The Balaban J connectivity index is 0.000000177. The number of aryl methyl sites for hydroxylation is 1. The summed E-state index contributed by atoms with van der Waals surface area (Å²) in [6, 6.07) is 29.7. The van der Waals surface area contributed by atoms with Crippen LogP contribution in [0.25, 0.3) is 22.8 Å². The predicted octanol–water partition coefficient (Wildman–Crippen LogP) is 9.51. The van der Waals surface area contributed by atoms with Gasteiger partial charge in [-0.1, -0.05) is 59.1 Å². The molecule has 304 valence electrons. The van der Waals surface area contributed by atoms with Gasteiger partial charge in [-0.2, -0.15) is 18.7 Å². The van der Waals surface area contributed by atoms with E-state index in [9.17, 15) is 0 Å². The van der Waals surface area contributed by atoms with E-state index in [1.807, 2.05) is 54.6 Å². The van der Waals surface area contributed by atoms with E-state index in [4.69, 9.17) is 54.2 Å². The van der Waals surface area contributed by atoms with Crippen LogP contribution in [0.3, 0.4) is 0 Å². The Morgan fingerprint density at radius 2 is 1.03 bits per heavy atom. The molecule has 0 N–H and O–H groups in total. The Bertz CT molecular complexity index is 2190.